The molecule has 1 fully saturated rings. The Morgan fingerprint density at radius 2 is 1.73 bits per heavy atom. The zero-order valence-corrected chi connectivity index (χ0v) is 8.66. The van der Waals surface area contributed by atoms with E-state index in [1.807, 2.05) is 0 Å². The van der Waals surface area contributed by atoms with Crippen LogP contribution < -0.4 is 5.32 Å². The maximum atomic E-state index is 12.5. The summed E-state index contributed by atoms with van der Waals surface area (Å²) in [5, 5.41) is 2.97. The molecule has 1 aliphatic rings. The quantitative estimate of drug-likeness (QED) is 0.792. The van der Waals surface area contributed by atoms with Gasteiger partial charge in [0.05, 0.1) is 5.56 Å². The molecule has 1 N–H and O–H groups in total. The van der Waals surface area contributed by atoms with E-state index in [1.165, 1.54) is 6.07 Å². The number of alkyl halides is 3. The predicted molar refractivity (Wildman–Crippen MR) is 54.3 cm³/mol. The van der Waals surface area contributed by atoms with Gasteiger partial charge < -0.3 is 5.32 Å². The van der Waals surface area contributed by atoms with Crippen LogP contribution in [0.1, 0.15) is 17.0 Å². The van der Waals surface area contributed by atoms with Crippen molar-refractivity contribution in [1.82, 2.24) is 5.32 Å². The fourth-order valence-electron chi connectivity index (χ4n) is 1.62. The fraction of sp³-hybridized carbons (Fsp3) is 0.400. The number of hydrogen-bond acceptors (Lipinski definition) is 1. The summed E-state index contributed by atoms with van der Waals surface area (Å²) < 4.78 is 37.6. The lowest BCUT2D eigenvalue weighted by Gasteiger charge is -2.29. The number of rotatable bonds is 1. The molecule has 1 heterocycles. The first-order chi connectivity index (χ1) is 6.59. The molecule has 0 aliphatic carbocycles. The summed E-state index contributed by atoms with van der Waals surface area (Å²) in [4.78, 5) is 0. The largest absolute Gasteiger partial charge is 0.416 e. The smallest absolute Gasteiger partial charge is 0.315 e. The van der Waals surface area contributed by atoms with Crippen LogP contribution in [0.15, 0.2) is 24.3 Å². The van der Waals surface area contributed by atoms with Crippen LogP contribution in [-0.2, 0) is 6.18 Å². The third-order valence-corrected chi connectivity index (χ3v) is 2.49. The van der Waals surface area contributed by atoms with E-state index in [-0.39, 0.29) is 18.3 Å². The Kier molecular flexibility index (Phi) is 3.62. The summed E-state index contributed by atoms with van der Waals surface area (Å²) in [6, 6.07) is 5.79. The summed E-state index contributed by atoms with van der Waals surface area (Å²) in [5.74, 6) is 0.0211. The van der Waals surface area contributed by atoms with Gasteiger partial charge in [-0.05, 0) is 11.6 Å². The van der Waals surface area contributed by atoms with Crippen LogP contribution in [0.5, 0.6) is 0 Å². The van der Waals surface area contributed by atoms with Crippen molar-refractivity contribution >= 4 is 12.4 Å². The minimum absolute atomic E-state index is 0. The van der Waals surface area contributed by atoms with E-state index in [0.29, 0.717) is 18.7 Å². The Balaban J connectivity index is 0.00000112. The van der Waals surface area contributed by atoms with Crippen LogP contribution in [0.25, 0.3) is 0 Å². The van der Waals surface area contributed by atoms with Gasteiger partial charge >= 0.3 is 6.18 Å². The van der Waals surface area contributed by atoms with Gasteiger partial charge in [-0.1, -0.05) is 18.2 Å². The van der Waals surface area contributed by atoms with Gasteiger partial charge in [0, 0.05) is 19.0 Å². The second-order valence-corrected chi connectivity index (χ2v) is 3.44. The van der Waals surface area contributed by atoms with Crippen molar-refractivity contribution in [3.63, 3.8) is 0 Å². The van der Waals surface area contributed by atoms with Crippen LogP contribution in [0.3, 0.4) is 0 Å². The summed E-state index contributed by atoms with van der Waals surface area (Å²) >= 11 is 0. The summed E-state index contributed by atoms with van der Waals surface area (Å²) in [6.07, 6.45) is -4.23. The van der Waals surface area contributed by atoms with Gasteiger partial charge in [0.2, 0.25) is 0 Å². The van der Waals surface area contributed by atoms with E-state index in [4.69, 9.17) is 0 Å². The van der Waals surface area contributed by atoms with Gasteiger partial charge in [-0.15, -0.1) is 12.4 Å². The lowest BCUT2D eigenvalue weighted by atomic mass is 9.89. The van der Waals surface area contributed by atoms with Crippen LogP contribution in [-0.4, -0.2) is 13.1 Å². The molecule has 0 radical (unpaired) electrons. The fourth-order valence-corrected chi connectivity index (χ4v) is 1.62. The normalized spacial score (nSPS) is 16.7. The molecule has 1 aromatic rings. The summed E-state index contributed by atoms with van der Waals surface area (Å²) in [5.41, 5.74) is -0.0785. The number of nitrogens with one attached hydrogen (secondary N) is 1. The van der Waals surface area contributed by atoms with Crippen molar-refractivity contribution in [1.29, 1.82) is 0 Å². The van der Waals surface area contributed by atoms with Crippen molar-refractivity contribution in [2.45, 2.75) is 12.1 Å². The topological polar surface area (TPSA) is 12.0 Å². The van der Waals surface area contributed by atoms with Gasteiger partial charge in [-0.3, -0.25) is 0 Å². The van der Waals surface area contributed by atoms with Crippen LogP contribution >= 0.6 is 12.4 Å². The molecule has 1 saturated heterocycles. The second-order valence-electron chi connectivity index (χ2n) is 3.44. The maximum Gasteiger partial charge on any atom is 0.416 e. The molecule has 15 heavy (non-hydrogen) atoms. The Hall–Kier alpha value is -0.740. The van der Waals surface area contributed by atoms with E-state index in [9.17, 15) is 13.2 Å². The Bertz CT molecular complexity index is 334. The molecule has 5 heteroatoms. The number of hydrogen-bond donors (Lipinski definition) is 1. The number of halogens is 4. The predicted octanol–water partition coefficient (Wildman–Crippen LogP) is 2.81. The van der Waals surface area contributed by atoms with Crippen molar-refractivity contribution < 1.29 is 13.2 Å². The van der Waals surface area contributed by atoms with Crippen molar-refractivity contribution in [3.05, 3.63) is 35.4 Å². The molecule has 1 aliphatic heterocycles. The van der Waals surface area contributed by atoms with Crippen molar-refractivity contribution in [2.24, 2.45) is 0 Å². The SMILES string of the molecule is Cl.FC(F)(F)c1ccccc1C1CNC1. The Morgan fingerprint density at radius 3 is 2.20 bits per heavy atom. The highest BCUT2D eigenvalue weighted by Gasteiger charge is 2.35. The first-order valence-corrected chi connectivity index (χ1v) is 4.46. The zero-order valence-electron chi connectivity index (χ0n) is 7.84. The first-order valence-electron chi connectivity index (χ1n) is 4.46. The van der Waals surface area contributed by atoms with E-state index < -0.39 is 11.7 Å². The Morgan fingerprint density at radius 1 is 1.13 bits per heavy atom. The van der Waals surface area contributed by atoms with Crippen LogP contribution in [0.2, 0.25) is 0 Å². The average Bonchev–Trinajstić information content (AvgIpc) is 2.00. The molecule has 0 unspecified atom stereocenters. The van der Waals surface area contributed by atoms with Gasteiger partial charge in [-0.25, -0.2) is 0 Å². The lowest BCUT2D eigenvalue weighted by Crippen LogP contribution is -2.40. The van der Waals surface area contributed by atoms with Crippen LogP contribution in [0, 0.1) is 0 Å². The number of benzene rings is 1. The molecule has 0 aromatic heterocycles. The van der Waals surface area contributed by atoms with E-state index >= 15 is 0 Å². The van der Waals surface area contributed by atoms with E-state index in [0.717, 1.165) is 6.07 Å². The highest BCUT2D eigenvalue weighted by atomic mass is 35.5. The highest BCUT2D eigenvalue weighted by Crippen LogP contribution is 2.35. The molecule has 0 bridgehead atoms. The average molecular weight is 238 g/mol. The summed E-state index contributed by atoms with van der Waals surface area (Å²) in [6.45, 7) is 1.29. The molecule has 0 atom stereocenters. The second kappa shape index (κ2) is 4.41. The van der Waals surface area contributed by atoms with Crippen molar-refractivity contribution in [2.75, 3.05) is 13.1 Å². The van der Waals surface area contributed by atoms with E-state index in [1.54, 1.807) is 12.1 Å². The third kappa shape index (κ3) is 2.44. The Labute approximate surface area is 92.1 Å². The van der Waals surface area contributed by atoms with Gasteiger partial charge in [0.25, 0.3) is 0 Å². The molecular formula is C10H11ClF3N. The minimum atomic E-state index is -4.23. The van der Waals surface area contributed by atoms with Crippen LogP contribution in [0.4, 0.5) is 13.2 Å². The lowest BCUT2D eigenvalue weighted by molar-refractivity contribution is -0.138. The van der Waals surface area contributed by atoms with Gasteiger partial charge in [0.15, 0.2) is 0 Å². The maximum absolute atomic E-state index is 12.5. The third-order valence-electron chi connectivity index (χ3n) is 2.49. The zero-order chi connectivity index (χ0) is 10.2. The standard InChI is InChI=1S/C10H10F3N.ClH/c11-10(12,13)9-4-2-1-3-8(9)7-5-14-6-7;/h1-4,7,14H,5-6H2;1H. The molecular weight excluding hydrogens is 227 g/mol. The van der Waals surface area contributed by atoms with E-state index in [2.05, 4.69) is 5.32 Å². The molecule has 84 valence electrons. The molecule has 0 amide bonds. The van der Waals surface area contributed by atoms with Crippen molar-refractivity contribution in [3.8, 4) is 0 Å². The molecule has 1 aromatic carbocycles. The monoisotopic (exact) mass is 237 g/mol. The molecule has 0 spiro atoms. The molecule has 2 rings (SSSR count). The highest BCUT2D eigenvalue weighted by molar-refractivity contribution is 5.85. The molecule has 1 nitrogen and oxygen atoms in total. The minimum Gasteiger partial charge on any atom is -0.315 e. The molecule has 0 saturated carbocycles. The summed E-state index contributed by atoms with van der Waals surface area (Å²) in [7, 11) is 0. The first kappa shape index (κ1) is 12.3. The van der Waals surface area contributed by atoms with Gasteiger partial charge in [0.1, 0.15) is 0 Å². The van der Waals surface area contributed by atoms with Gasteiger partial charge in [-0.2, -0.15) is 13.2 Å².